The van der Waals surface area contributed by atoms with Crippen LogP contribution in [0.5, 0.6) is 11.5 Å². The zero-order chi connectivity index (χ0) is 13.1. The van der Waals surface area contributed by atoms with Crippen LogP contribution in [-0.4, -0.2) is 23.2 Å². The Bertz CT molecular complexity index is 575. The van der Waals surface area contributed by atoms with E-state index in [0.717, 1.165) is 27.8 Å². The zero-order valence-corrected chi connectivity index (χ0v) is 11.0. The van der Waals surface area contributed by atoms with Crippen LogP contribution in [0.15, 0.2) is 40.5 Å². The Morgan fingerprint density at radius 1 is 1.05 bits per heavy atom. The van der Waals surface area contributed by atoms with Crippen molar-refractivity contribution in [2.45, 2.75) is 16.3 Å². The molecule has 0 amide bonds. The molecule has 2 N–H and O–H groups in total. The highest BCUT2D eigenvalue weighted by molar-refractivity contribution is 7.99. The SMILES string of the molecule is Nc1cnc(Sc2ccc3c(c2)OCCCO3)cn1. The molecule has 0 aliphatic carbocycles. The van der Waals surface area contributed by atoms with Gasteiger partial charge in [0, 0.05) is 11.3 Å². The average molecular weight is 275 g/mol. The highest BCUT2D eigenvalue weighted by atomic mass is 32.2. The quantitative estimate of drug-likeness (QED) is 0.907. The van der Waals surface area contributed by atoms with Gasteiger partial charge >= 0.3 is 0 Å². The van der Waals surface area contributed by atoms with Crippen LogP contribution in [0.25, 0.3) is 0 Å². The number of ether oxygens (including phenoxy) is 2. The van der Waals surface area contributed by atoms with Gasteiger partial charge < -0.3 is 15.2 Å². The summed E-state index contributed by atoms with van der Waals surface area (Å²) < 4.78 is 11.2. The highest BCUT2D eigenvalue weighted by Gasteiger charge is 2.11. The van der Waals surface area contributed by atoms with Crippen LogP contribution in [0.1, 0.15) is 6.42 Å². The number of aromatic nitrogens is 2. The van der Waals surface area contributed by atoms with Crippen molar-refractivity contribution in [2.24, 2.45) is 0 Å². The molecule has 0 spiro atoms. The predicted octanol–water partition coefficient (Wildman–Crippen LogP) is 2.37. The van der Waals surface area contributed by atoms with Crippen molar-refractivity contribution in [1.29, 1.82) is 0 Å². The van der Waals surface area contributed by atoms with E-state index in [1.165, 1.54) is 11.8 Å². The number of hydrogen-bond donors (Lipinski definition) is 1. The topological polar surface area (TPSA) is 70.3 Å². The van der Waals surface area contributed by atoms with Gasteiger partial charge in [-0.15, -0.1) is 0 Å². The number of fused-ring (bicyclic) bond motifs is 1. The van der Waals surface area contributed by atoms with Crippen LogP contribution in [-0.2, 0) is 0 Å². The molecule has 5 nitrogen and oxygen atoms in total. The number of anilines is 1. The molecule has 0 saturated heterocycles. The van der Waals surface area contributed by atoms with Gasteiger partial charge in [0.1, 0.15) is 10.8 Å². The van der Waals surface area contributed by atoms with Crippen LogP contribution >= 0.6 is 11.8 Å². The Kier molecular flexibility index (Phi) is 3.41. The molecule has 6 heteroatoms. The van der Waals surface area contributed by atoms with Gasteiger partial charge in [0.2, 0.25) is 0 Å². The molecule has 0 fully saturated rings. The normalized spacial score (nSPS) is 13.9. The molecule has 1 aromatic heterocycles. The van der Waals surface area contributed by atoms with Gasteiger partial charge in [-0.2, -0.15) is 0 Å². The van der Waals surface area contributed by atoms with E-state index in [-0.39, 0.29) is 0 Å². The lowest BCUT2D eigenvalue weighted by Gasteiger charge is -2.08. The lowest BCUT2D eigenvalue weighted by molar-refractivity contribution is 0.297. The summed E-state index contributed by atoms with van der Waals surface area (Å²) in [6.07, 6.45) is 4.11. The van der Waals surface area contributed by atoms with Gasteiger partial charge in [-0.3, -0.25) is 0 Å². The van der Waals surface area contributed by atoms with Gasteiger partial charge in [0.15, 0.2) is 11.5 Å². The maximum Gasteiger partial charge on any atom is 0.162 e. The first-order valence-corrected chi connectivity index (χ1v) is 6.78. The maximum atomic E-state index is 5.65. The number of nitrogens with two attached hydrogens (primary N) is 1. The molecule has 2 heterocycles. The Morgan fingerprint density at radius 3 is 2.68 bits per heavy atom. The molecule has 1 aliphatic rings. The molecule has 0 radical (unpaired) electrons. The van der Waals surface area contributed by atoms with Crippen molar-refractivity contribution in [3.8, 4) is 11.5 Å². The monoisotopic (exact) mass is 275 g/mol. The van der Waals surface area contributed by atoms with E-state index >= 15 is 0 Å². The third-order valence-electron chi connectivity index (χ3n) is 2.59. The van der Waals surface area contributed by atoms with Crippen molar-refractivity contribution in [2.75, 3.05) is 18.9 Å². The Hall–Kier alpha value is -1.95. The number of benzene rings is 1. The van der Waals surface area contributed by atoms with Crippen LogP contribution in [0.3, 0.4) is 0 Å². The fourth-order valence-corrected chi connectivity index (χ4v) is 2.46. The molecule has 98 valence electrons. The Morgan fingerprint density at radius 2 is 1.89 bits per heavy atom. The van der Waals surface area contributed by atoms with Crippen LogP contribution in [0, 0.1) is 0 Å². The molecular formula is C13H13N3O2S. The molecule has 0 bridgehead atoms. The van der Waals surface area contributed by atoms with E-state index in [4.69, 9.17) is 15.2 Å². The van der Waals surface area contributed by atoms with Crippen molar-refractivity contribution < 1.29 is 9.47 Å². The molecule has 19 heavy (non-hydrogen) atoms. The summed E-state index contributed by atoms with van der Waals surface area (Å²) in [5, 5.41) is 0.795. The van der Waals surface area contributed by atoms with E-state index in [1.807, 2.05) is 18.2 Å². The third kappa shape index (κ3) is 2.90. The van der Waals surface area contributed by atoms with Crippen LogP contribution in [0.4, 0.5) is 5.82 Å². The van der Waals surface area contributed by atoms with Gasteiger partial charge in [-0.05, 0) is 18.2 Å². The summed E-state index contributed by atoms with van der Waals surface area (Å²) >= 11 is 1.51. The first-order chi connectivity index (χ1) is 9.31. The molecule has 1 aliphatic heterocycles. The van der Waals surface area contributed by atoms with Crippen molar-refractivity contribution in [3.05, 3.63) is 30.6 Å². The van der Waals surface area contributed by atoms with Crippen molar-refractivity contribution in [3.63, 3.8) is 0 Å². The fraction of sp³-hybridized carbons (Fsp3) is 0.231. The van der Waals surface area contributed by atoms with E-state index < -0.39 is 0 Å². The number of rotatable bonds is 2. The minimum atomic E-state index is 0.419. The Balaban J connectivity index is 1.81. The second kappa shape index (κ2) is 5.36. The maximum absolute atomic E-state index is 5.65. The summed E-state index contributed by atoms with van der Waals surface area (Å²) in [7, 11) is 0. The smallest absolute Gasteiger partial charge is 0.162 e. The van der Waals surface area contributed by atoms with E-state index in [1.54, 1.807) is 12.4 Å². The first kappa shape index (κ1) is 12.1. The van der Waals surface area contributed by atoms with E-state index in [0.29, 0.717) is 19.0 Å². The summed E-state index contributed by atoms with van der Waals surface area (Å²) in [5.41, 5.74) is 5.51. The van der Waals surface area contributed by atoms with E-state index in [9.17, 15) is 0 Å². The molecular weight excluding hydrogens is 262 g/mol. The molecule has 2 aromatic rings. The minimum Gasteiger partial charge on any atom is -0.490 e. The number of nitrogens with zero attached hydrogens (tertiary/aromatic N) is 2. The standard InChI is InChI=1S/C13H13N3O2S/c14-12-7-16-13(8-15-12)19-9-2-3-10-11(6-9)18-5-1-4-17-10/h2-3,6-8H,1,4-5H2,(H2,14,15). The first-order valence-electron chi connectivity index (χ1n) is 5.96. The highest BCUT2D eigenvalue weighted by Crippen LogP contribution is 2.35. The fourth-order valence-electron chi connectivity index (χ4n) is 1.71. The molecule has 0 saturated carbocycles. The largest absolute Gasteiger partial charge is 0.490 e. The lowest BCUT2D eigenvalue weighted by Crippen LogP contribution is -1.97. The second-order valence-corrected chi connectivity index (χ2v) is 5.13. The van der Waals surface area contributed by atoms with E-state index in [2.05, 4.69) is 9.97 Å². The van der Waals surface area contributed by atoms with Crippen molar-refractivity contribution in [1.82, 2.24) is 9.97 Å². The average Bonchev–Trinajstić information content (AvgIpc) is 2.66. The Labute approximate surface area is 115 Å². The minimum absolute atomic E-state index is 0.419. The van der Waals surface area contributed by atoms with Crippen LogP contribution in [0.2, 0.25) is 0 Å². The molecule has 1 aromatic carbocycles. The van der Waals surface area contributed by atoms with Crippen molar-refractivity contribution >= 4 is 17.6 Å². The molecule has 0 atom stereocenters. The number of hydrogen-bond acceptors (Lipinski definition) is 6. The second-order valence-electron chi connectivity index (χ2n) is 4.04. The molecule has 0 unspecified atom stereocenters. The van der Waals surface area contributed by atoms with Gasteiger partial charge in [0.05, 0.1) is 25.6 Å². The van der Waals surface area contributed by atoms with Gasteiger partial charge in [-0.25, -0.2) is 9.97 Å². The van der Waals surface area contributed by atoms with Gasteiger partial charge in [-0.1, -0.05) is 11.8 Å². The lowest BCUT2D eigenvalue weighted by atomic mass is 10.3. The summed E-state index contributed by atoms with van der Waals surface area (Å²) in [6, 6.07) is 5.87. The zero-order valence-electron chi connectivity index (χ0n) is 10.2. The predicted molar refractivity (Wildman–Crippen MR) is 72.6 cm³/mol. The summed E-state index contributed by atoms with van der Waals surface area (Å²) in [6.45, 7) is 1.38. The third-order valence-corrected chi connectivity index (χ3v) is 3.50. The number of nitrogen functional groups attached to an aromatic ring is 1. The summed E-state index contributed by atoms with van der Waals surface area (Å²) in [5.74, 6) is 2.00. The van der Waals surface area contributed by atoms with Crippen LogP contribution < -0.4 is 15.2 Å². The summed E-state index contributed by atoms with van der Waals surface area (Å²) in [4.78, 5) is 9.25. The molecule has 3 rings (SSSR count). The van der Waals surface area contributed by atoms with Gasteiger partial charge in [0.25, 0.3) is 0 Å².